The van der Waals surface area contributed by atoms with Gasteiger partial charge in [0.2, 0.25) is 5.91 Å². The molecule has 0 aliphatic carbocycles. The lowest BCUT2D eigenvalue weighted by atomic mass is 10.1. The van der Waals surface area contributed by atoms with Crippen molar-refractivity contribution in [2.45, 2.75) is 57.7 Å². The summed E-state index contributed by atoms with van der Waals surface area (Å²) < 4.78 is 6.84. The van der Waals surface area contributed by atoms with E-state index in [0.717, 1.165) is 41.2 Å². The molecule has 0 bridgehead atoms. The second-order valence-electron chi connectivity index (χ2n) is 7.24. The molecule has 0 N–H and O–H groups in total. The van der Waals surface area contributed by atoms with Gasteiger partial charge in [0.25, 0.3) is 5.56 Å². The minimum absolute atomic E-state index is 0.0369. The van der Waals surface area contributed by atoms with Gasteiger partial charge in [-0.3, -0.25) is 14.2 Å². The van der Waals surface area contributed by atoms with Crippen LogP contribution < -0.4 is 5.56 Å². The third-order valence-corrected chi connectivity index (χ3v) is 7.37. The summed E-state index contributed by atoms with van der Waals surface area (Å²) in [5, 5.41) is 1.30. The van der Waals surface area contributed by atoms with Crippen LogP contribution >= 0.6 is 23.1 Å². The topological polar surface area (TPSA) is 64.4 Å². The third kappa shape index (κ3) is 4.78. The minimum Gasteiger partial charge on any atom is -0.383 e. The van der Waals surface area contributed by atoms with Crippen LogP contribution in [0.4, 0.5) is 0 Å². The Morgan fingerprint density at radius 3 is 2.54 bits per heavy atom. The van der Waals surface area contributed by atoms with Crippen molar-refractivity contribution in [2.75, 3.05) is 32.6 Å². The molecule has 0 radical (unpaired) electrons. The van der Waals surface area contributed by atoms with Gasteiger partial charge >= 0.3 is 0 Å². The zero-order valence-corrected chi connectivity index (χ0v) is 18.6. The number of rotatable bonds is 6. The van der Waals surface area contributed by atoms with E-state index in [-0.39, 0.29) is 11.5 Å². The summed E-state index contributed by atoms with van der Waals surface area (Å²) in [6, 6.07) is 0. The van der Waals surface area contributed by atoms with Gasteiger partial charge in [-0.2, -0.15) is 0 Å². The Hall–Kier alpha value is -1.38. The molecule has 0 saturated carbocycles. The van der Waals surface area contributed by atoms with Crippen molar-refractivity contribution in [1.82, 2.24) is 14.5 Å². The number of carbonyl (C=O) groups is 1. The number of amides is 1. The van der Waals surface area contributed by atoms with E-state index in [2.05, 4.69) is 0 Å². The fraction of sp³-hybridized carbons (Fsp3) is 0.650. The summed E-state index contributed by atoms with van der Waals surface area (Å²) in [6.45, 7) is 6.53. The van der Waals surface area contributed by atoms with Crippen molar-refractivity contribution in [3.8, 4) is 0 Å². The Balaban J connectivity index is 1.82. The van der Waals surface area contributed by atoms with Crippen LogP contribution in [0.5, 0.6) is 0 Å². The summed E-state index contributed by atoms with van der Waals surface area (Å²) in [6.07, 6.45) is 5.82. The largest absolute Gasteiger partial charge is 0.383 e. The molecule has 1 aliphatic heterocycles. The number of likely N-dealkylation sites (tertiary alicyclic amines) is 1. The molecule has 0 spiro atoms. The standard InChI is InChI=1S/C20H29N3O3S2/c1-14-15(2)28-18-17(14)19(25)23(11-12-26-3)20(21-18)27-13-16(24)22-9-7-5-4-6-8-10-22/h4-13H2,1-3H3. The van der Waals surface area contributed by atoms with E-state index in [9.17, 15) is 9.59 Å². The summed E-state index contributed by atoms with van der Waals surface area (Å²) in [4.78, 5) is 34.4. The van der Waals surface area contributed by atoms with E-state index < -0.39 is 0 Å². The molecule has 1 amide bonds. The predicted molar refractivity (Wildman–Crippen MR) is 116 cm³/mol. The van der Waals surface area contributed by atoms with E-state index >= 15 is 0 Å². The van der Waals surface area contributed by atoms with Gasteiger partial charge < -0.3 is 9.64 Å². The van der Waals surface area contributed by atoms with Gasteiger partial charge in [-0.1, -0.05) is 31.0 Å². The summed E-state index contributed by atoms with van der Waals surface area (Å²) in [5.41, 5.74) is 0.960. The number of fused-ring (bicyclic) bond motifs is 1. The van der Waals surface area contributed by atoms with Crippen molar-refractivity contribution in [3.05, 3.63) is 20.8 Å². The highest BCUT2D eigenvalue weighted by Crippen LogP contribution is 2.28. The van der Waals surface area contributed by atoms with Crippen LogP contribution in [0.15, 0.2) is 9.95 Å². The van der Waals surface area contributed by atoms with Gasteiger partial charge in [0.15, 0.2) is 5.16 Å². The average molecular weight is 424 g/mol. The van der Waals surface area contributed by atoms with E-state index in [4.69, 9.17) is 9.72 Å². The van der Waals surface area contributed by atoms with Crippen molar-refractivity contribution in [2.24, 2.45) is 0 Å². The predicted octanol–water partition coefficient (Wildman–Crippen LogP) is 3.61. The van der Waals surface area contributed by atoms with Crippen LogP contribution in [0.1, 0.15) is 42.5 Å². The monoisotopic (exact) mass is 423 g/mol. The zero-order valence-electron chi connectivity index (χ0n) is 17.0. The van der Waals surface area contributed by atoms with Crippen molar-refractivity contribution in [3.63, 3.8) is 0 Å². The maximum Gasteiger partial charge on any atom is 0.263 e. The van der Waals surface area contributed by atoms with Crippen LogP contribution in [0.2, 0.25) is 0 Å². The van der Waals surface area contributed by atoms with Crippen LogP contribution in [-0.4, -0.2) is 52.9 Å². The van der Waals surface area contributed by atoms with Gasteiger partial charge in [-0.05, 0) is 32.3 Å². The first-order valence-corrected chi connectivity index (χ1v) is 11.7. The van der Waals surface area contributed by atoms with Gasteiger partial charge in [-0.15, -0.1) is 11.3 Å². The molecule has 3 heterocycles. The first-order chi connectivity index (χ1) is 13.5. The number of ether oxygens (including phenoxy) is 1. The van der Waals surface area contributed by atoms with Crippen LogP contribution in [0, 0.1) is 13.8 Å². The molecule has 1 fully saturated rings. The number of thiophene rings is 1. The smallest absolute Gasteiger partial charge is 0.263 e. The first kappa shape index (κ1) is 21.3. The number of aromatic nitrogens is 2. The molecule has 1 saturated heterocycles. The maximum atomic E-state index is 13.1. The number of methoxy groups -OCH3 is 1. The zero-order chi connectivity index (χ0) is 20.1. The minimum atomic E-state index is -0.0369. The molecular formula is C20H29N3O3S2. The number of hydrogen-bond acceptors (Lipinski definition) is 6. The van der Waals surface area contributed by atoms with Crippen LogP contribution in [0.25, 0.3) is 10.2 Å². The summed E-state index contributed by atoms with van der Waals surface area (Å²) >= 11 is 2.91. The quantitative estimate of drug-likeness (QED) is 0.525. The lowest BCUT2D eigenvalue weighted by molar-refractivity contribution is -0.128. The molecule has 8 heteroatoms. The Morgan fingerprint density at radius 2 is 1.86 bits per heavy atom. The highest BCUT2D eigenvalue weighted by Gasteiger charge is 2.19. The Morgan fingerprint density at radius 1 is 1.18 bits per heavy atom. The molecule has 2 aromatic heterocycles. The Bertz CT molecular complexity index is 883. The van der Waals surface area contributed by atoms with E-state index in [1.807, 2.05) is 18.7 Å². The number of nitrogens with zero attached hydrogens (tertiary/aromatic N) is 3. The summed E-state index contributed by atoms with van der Waals surface area (Å²) in [7, 11) is 1.62. The molecule has 1 aliphatic rings. The molecular weight excluding hydrogens is 394 g/mol. The average Bonchev–Trinajstić information content (AvgIpc) is 2.93. The normalized spacial score (nSPS) is 15.6. The fourth-order valence-electron chi connectivity index (χ4n) is 3.51. The molecule has 6 nitrogen and oxygen atoms in total. The third-order valence-electron chi connectivity index (χ3n) is 5.31. The van der Waals surface area contributed by atoms with Crippen molar-refractivity contribution >= 4 is 39.2 Å². The van der Waals surface area contributed by atoms with E-state index in [0.29, 0.717) is 29.4 Å². The first-order valence-electron chi connectivity index (χ1n) is 9.93. The molecule has 3 rings (SSSR count). The Kier molecular flexibility index (Phi) is 7.54. The van der Waals surface area contributed by atoms with Crippen molar-refractivity contribution in [1.29, 1.82) is 0 Å². The van der Waals surface area contributed by atoms with Crippen LogP contribution in [-0.2, 0) is 16.1 Å². The number of thioether (sulfide) groups is 1. The number of carbonyl (C=O) groups excluding carboxylic acids is 1. The lowest BCUT2D eigenvalue weighted by Gasteiger charge is -2.24. The molecule has 0 aromatic carbocycles. The molecule has 0 atom stereocenters. The second-order valence-corrected chi connectivity index (χ2v) is 9.39. The number of hydrogen-bond donors (Lipinski definition) is 0. The maximum absolute atomic E-state index is 13.1. The summed E-state index contributed by atoms with van der Waals surface area (Å²) in [5.74, 6) is 0.451. The molecule has 28 heavy (non-hydrogen) atoms. The highest BCUT2D eigenvalue weighted by atomic mass is 32.2. The molecule has 0 unspecified atom stereocenters. The van der Waals surface area contributed by atoms with Gasteiger partial charge in [0, 0.05) is 25.1 Å². The van der Waals surface area contributed by atoms with Gasteiger partial charge in [-0.25, -0.2) is 4.98 Å². The second kappa shape index (κ2) is 9.89. The SMILES string of the molecule is COCCn1c(SCC(=O)N2CCCCCCC2)nc2sc(C)c(C)c2c1=O. The van der Waals surface area contributed by atoms with Gasteiger partial charge in [0.1, 0.15) is 4.83 Å². The lowest BCUT2D eigenvalue weighted by Crippen LogP contribution is -2.35. The highest BCUT2D eigenvalue weighted by molar-refractivity contribution is 7.99. The Labute approximate surface area is 174 Å². The fourth-order valence-corrected chi connectivity index (χ4v) is 5.51. The molecule has 154 valence electrons. The van der Waals surface area contributed by atoms with E-state index in [1.165, 1.54) is 31.0 Å². The number of aryl methyl sites for hydroxylation is 2. The van der Waals surface area contributed by atoms with Gasteiger partial charge in [0.05, 0.1) is 24.3 Å². The van der Waals surface area contributed by atoms with Crippen molar-refractivity contribution < 1.29 is 9.53 Å². The molecule has 2 aromatic rings. The van der Waals surface area contributed by atoms with E-state index in [1.54, 1.807) is 23.0 Å². The van der Waals surface area contributed by atoms with Crippen LogP contribution in [0.3, 0.4) is 0 Å².